The normalized spacial score (nSPS) is 21.8. The number of nitrogens with zero attached hydrogens (tertiary/aromatic N) is 1. The molecule has 1 aliphatic heterocycles. The van der Waals surface area contributed by atoms with E-state index in [-0.39, 0.29) is 24.1 Å². The topological polar surface area (TPSA) is 51.2 Å². The number of allylic oxidation sites excluding steroid dienone is 3. The summed E-state index contributed by atoms with van der Waals surface area (Å²) in [4.78, 5) is 2.15. The van der Waals surface area contributed by atoms with Crippen LogP contribution in [0.2, 0.25) is 0 Å². The molecule has 1 heterocycles. The van der Waals surface area contributed by atoms with Crippen LogP contribution in [-0.4, -0.2) is 42.0 Å². The Morgan fingerprint density at radius 3 is 2.58 bits per heavy atom. The summed E-state index contributed by atoms with van der Waals surface area (Å²) in [5.41, 5.74) is 1.90. The lowest BCUT2D eigenvalue weighted by atomic mass is 10.0. The minimum atomic E-state index is -0.376. The lowest BCUT2D eigenvalue weighted by Crippen LogP contribution is -2.35. The molecule has 5 nitrogen and oxygen atoms in total. The second-order valence-corrected chi connectivity index (χ2v) is 8.01. The highest BCUT2D eigenvalue weighted by Gasteiger charge is 2.29. The van der Waals surface area contributed by atoms with Gasteiger partial charge in [0.2, 0.25) is 0 Å². The number of rotatable bonds is 11. The van der Waals surface area contributed by atoms with Crippen LogP contribution in [0.4, 0.5) is 4.39 Å². The van der Waals surface area contributed by atoms with Crippen LogP contribution < -0.4 is 0 Å². The predicted octanol–water partition coefficient (Wildman–Crippen LogP) is 5.69. The summed E-state index contributed by atoms with van der Waals surface area (Å²) in [6.07, 6.45) is 15.6. The zero-order chi connectivity index (χ0) is 24.1. The van der Waals surface area contributed by atoms with Gasteiger partial charge in [-0.15, -0.1) is 0 Å². The third kappa shape index (κ3) is 9.44. The van der Waals surface area contributed by atoms with E-state index in [0.717, 1.165) is 30.5 Å². The summed E-state index contributed by atoms with van der Waals surface area (Å²) < 4.78 is 29.6. The standard InChI is InChI=1S/C25H32FNO4.C2H6/c1-19-16-24(31-17-20-5-9-22(26)10-6-20)11-13-27(19)23(12-15-29-2)4-3-14-30-18-25(28)21-7-8-21;1-2/h3-6,9-15,19,21,24-25,28H,7-8,16-18H2,1-2H3;1-2H3/b14-3+,15-12+,23-4+;. The van der Waals surface area contributed by atoms with Gasteiger partial charge in [0, 0.05) is 17.9 Å². The monoisotopic (exact) mass is 459 g/mol. The number of hydrogen-bond acceptors (Lipinski definition) is 5. The van der Waals surface area contributed by atoms with Crippen molar-refractivity contribution < 1.29 is 23.7 Å². The molecule has 1 N–H and O–H groups in total. The molecule has 3 rings (SSSR count). The van der Waals surface area contributed by atoms with Gasteiger partial charge in [0.1, 0.15) is 12.4 Å². The van der Waals surface area contributed by atoms with Gasteiger partial charge in [-0.25, -0.2) is 4.39 Å². The van der Waals surface area contributed by atoms with Crippen molar-refractivity contribution >= 4 is 0 Å². The molecule has 33 heavy (non-hydrogen) atoms. The average Bonchev–Trinajstić information content (AvgIpc) is 3.68. The Bertz CT molecular complexity index is 799. The molecule has 1 aromatic rings. The molecule has 0 spiro atoms. The second kappa shape index (κ2) is 14.6. The fourth-order valence-corrected chi connectivity index (χ4v) is 3.44. The minimum absolute atomic E-state index is 0.00764. The second-order valence-electron chi connectivity index (χ2n) is 8.01. The number of aliphatic hydroxyl groups is 1. The number of benzene rings is 1. The Morgan fingerprint density at radius 1 is 1.21 bits per heavy atom. The van der Waals surface area contributed by atoms with Gasteiger partial charge in [-0.3, -0.25) is 0 Å². The zero-order valence-corrected chi connectivity index (χ0v) is 20.2. The van der Waals surface area contributed by atoms with Crippen LogP contribution in [0.3, 0.4) is 0 Å². The van der Waals surface area contributed by atoms with Gasteiger partial charge in [0.25, 0.3) is 0 Å². The van der Waals surface area contributed by atoms with Crippen LogP contribution in [0, 0.1) is 11.7 Å². The van der Waals surface area contributed by atoms with Crippen molar-refractivity contribution in [2.45, 2.75) is 64.9 Å². The van der Waals surface area contributed by atoms with Gasteiger partial charge < -0.3 is 24.2 Å². The van der Waals surface area contributed by atoms with E-state index in [1.54, 1.807) is 31.8 Å². The molecule has 3 atom stereocenters. The first-order valence-corrected chi connectivity index (χ1v) is 11.8. The Kier molecular flexibility index (Phi) is 11.8. The van der Waals surface area contributed by atoms with E-state index in [9.17, 15) is 9.50 Å². The van der Waals surface area contributed by atoms with Crippen LogP contribution in [0.25, 0.3) is 0 Å². The first kappa shape index (κ1) is 26.7. The molecule has 0 bridgehead atoms. The van der Waals surface area contributed by atoms with Gasteiger partial charge >= 0.3 is 0 Å². The molecule has 0 amide bonds. The minimum Gasteiger partial charge on any atom is -0.504 e. The number of ether oxygens (including phenoxy) is 3. The molecule has 1 aliphatic carbocycles. The molecule has 0 aromatic heterocycles. The van der Waals surface area contributed by atoms with E-state index >= 15 is 0 Å². The molecule has 1 aromatic carbocycles. The van der Waals surface area contributed by atoms with Crippen LogP contribution in [0.15, 0.2) is 73.0 Å². The van der Waals surface area contributed by atoms with Crippen LogP contribution in [0.1, 0.15) is 45.6 Å². The molecule has 2 aliphatic rings. The third-order valence-corrected chi connectivity index (χ3v) is 5.43. The first-order valence-electron chi connectivity index (χ1n) is 11.8. The molecule has 3 unspecified atom stereocenters. The largest absolute Gasteiger partial charge is 0.504 e. The van der Waals surface area contributed by atoms with Crippen molar-refractivity contribution in [1.29, 1.82) is 0 Å². The zero-order valence-electron chi connectivity index (χ0n) is 20.2. The molecule has 1 saturated carbocycles. The molecular weight excluding hydrogens is 421 g/mol. The number of aliphatic hydroxyl groups excluding tert-OH is 1. The molecule has 6 heteroatoms. The Morgan fingerprint density at radius 2 is 1.94 bits per heavy atom. The van der Waals surface area contributed by atoms with Crippen molar-refractivity contribution in [1.82, 2.24) is 4.90 Å². The van der Waals surface area contributed by atoms with Crippen molar-refractivity contribution in [2.75, 3.05) is 13.7 Å². The molecule has 1 fully saturated rings. The highest BCUT2D eigenvalue weighted by molar-refractivity contribution is 5.25. The third-order valence-electron chi connectivity index (χ3n) is 5.43. The lowest BCUT2D eigenvalue weighted by molar-refractivity contribution is 0.0461. The molecule has 0 saturated heterocycles. The summed E-state index contributed by atoms with van der Waals surface area (Å²) >= 11 is 0. The van der Waals surface area contributed by atoms with E-state index in [1.165, 1.54) is 12.1 Å². The van der Waals surface area contributed by atoms with Gasteiger partial charge in [-0.1, -0.05) is 26.0 Å². The van der Waals surface area contributed by atoms with Crippen molar-refractivity contribution in [3.63, 3.8) is 0 Å². The van der Waals surface area contributed by atoms with Crippen molar-refractivity contribution in [2.24, 2.45) is 5.92 Å². The number of methoxy groups -OCH3 is 1. The summed E-state index contributed by atoms with van der Waals surface area (Å²) in [6.45, 7) is 6.91. The number of hydrogen-bond donors (Lipinski definition) is 1. The smallest absolute Gasteiger partial charge is 0.123 e. The molecule has 0 radical (unpaired) electrons. The molecule has 182 valence electrons. The van der Waals surface area contributed by atoms with E-state index in [2.05, 4.69) is 11.8 Å². The van der Waals surface area contributed by atoms with Crippen LogP contribution >= 0.6 is 0 Å². The quantitative estimate of drug-likeness (QED) is 0.340. The van der Waals surface area contributed by atoms with Gasteiger partial charge in [-0.2, -0.15) is 0 Å². The lowest BCUT2D eigenvalue weighted by Gasteiger charge is -2.34. The summed E-state index contributed by atoms with van der Waals surface area (Å²) in [6, 6.07) is 6.59. The van der Waals surface area contributed by atoms with Gasteiger partial charge in [0.05, 0.1) is 38.4 Å². The van der Waals surface area contributed by atoms with E-state index < -0.39 is 0 Å². The predicted molar refractivity (Wildman–Crippen MR) is 129 cm³/mol. The van der Waals surface area contributed by atoms with E-state index in [4.69, 9.17) is 14.2 Å². The highest BCUT2D eigenvalue weighted by atomic mass is 19.1. The molecular formula is C27H38FNO4. The van der Waals surface area contributed by atoms with Crippen LogP contribution in [-0.2, 0) is 20.8 Å². The van der Waals surface area contributed by atoms with E-state index in [1.807, 2.05) is 44.4 Å². The maximum atomic E-state index is 13.0. The fourth-order valence-electron chi connectivity index (χ4n) is 3.44. The fraction of sp³-hybridized carbons (Fsp3) is 0.481. The maximum Gasteiger partial charge on any atom is 0.123 e. The van der Waals surface area contributed by atoms with Gasteiger partial charge in [-0.05, 0) is 74.1 Å². The maximum absolute atomic E-state index is 13.0. The Labute approximate surface area is 197 Å². The van der Waals surface area contributed by atoms with E-state index in [0.29, 0.717) is 19.1 Å². The summed E-state index contributed by atoms with van der Waals surface area (Å²) in [5, 5.41) is 9.86. The Hall–Kier alpha value is -2.57. The first-order chi connectivity index (χ1) is 16.1. The number of halogens is 1. The van der Waals surface area contributed by atoms with Crippen molar-refractivity contribution in [3.05, 3.63) is 84.4 Å². The summed E-state index contributed by atoms with van der Waals surface area (Å²) in [5.74, 6) is 0.161. The highest BCUT2D eigenvalue weighted by Crippen LogP contribution is 2.32. The Balaban J connectivity index is 0.00000187. The SMILES string of the molecule is CC.CO/C=C/C(=C\C=C\OCC(O)C1CC1)N1C=CC(OCc2ccc(F)cc2)CC1C. The summed E-state index contributed by atoms with van der Waals surface area (Å²) in [7, 11) is 1.61. The van der Waals surface area contributed by atoms with Crippen LogP contribution in [0.5, 0.6) is 0 Å². The average molecular weight is 460 g/mol. The van der Waals surface area contributed by atoms with Gasteiger partial charge in [0.15, 0.2) is 0 Å². The van der Waals surface area contributed by atoms with Crippen molar-refractivity contribution in [3.8, 4) is 0 Å².